The Bertz CT molecular complexity index is 875. The molecule has 1 heteroatoms. The minimum atomic E-state index is 0.678. The first kappa shape index (κ1) is 18.7. The normalized spacial score (nSPS) is 11.6. The van der Waals surface area contributed by atoms with Gasteiger partial charge in [0, 0.05) is 0 Å². The van der Waals surface area contributed by atoms with Crippen molar-refractivity contribution in [3.8, 4) is 5.75 Å². The quantitative estimate of drug-likeness (QED) is 0.319. The van der Waals surface area contributed by atoms with Crippen LogP contribution in [-0.4, -0.2) is 6.61 Å². The van der Waals surface area contributed by atoms with Crippen LogP contribution < -0.4 is 4.74 Å². The molecule has 0 aliphatic rings. The number of hydrogen-bond acceptors (Lipinski definition) is 1. The van der Waals surface area contributed by atoms with Crippen LogP contribution in [0.15, 0.2) is 97.6 Å². The first-order valence-corrected chi connectivity index (χ1v) is 9.47. The summed E-state index contributed by atoms with van der Waals surface area (Å²) in [5.74, 6) is 0.908. The molecule has 136 valence electrons. The fourth-order valence-corrected chi connectivity index (χ4v) is 3.30. The molecular weight excluding hydrogens is 328 g/mol. The van der Waals surface area contributed by atoms with Crippen molar-refractivity contribution < 1.29 is 4.74 Å². The maximum atomic E-state index is 5.62. The molecule has 1 nitrogen and oxygen atoms in total. The van der Waals surface area contributed by atoms with Crippen LogP contribution in [-0.2, 0) is 6.42 Å². The summed E-state index contributed by atoms with van der Waals surface area (Å²) in [5, 5.41) is 0. The first-order chi connectivity index (χ1) is 13.3. The summed E-state index contributed by atoms with van der Waals surface area (Å²) in [6.07, 6.45) is 3.70. The largest absolute Gasteiger partial charge is 0.494 e. The molecule has 27 heavy (non-hydrogen) atoms. The van der Waals surface area contributed by atoms with Crippen molar-refractivity contribution in [3.63, 3.8) is 0 Å². The van der Waals surface area contributed by atoms with E-state index in [-0.39, 0.29) is 0 Å². The molecule has 0 heterocycles. The lowest BCUT2D eigenvalue weighted by Crippen LogP contribution is -1.98. The van der Waals surface area contributed by atoms with Gasteiger partial charge in [-0.15, -0.1) is 6.58 Å². The summed E-state index contributed by atoms with van der Waals surface area (Å²) in [5.41, 5.74) is 6.42. The van der Waals surface area contributed by atoms with Crippen LogP contribution in [0.25, 0.3) is 11.1 Å². The van der Waals surface area contributed by atoms with Gasteiger partial charge in [-0.25, -0.2) is 0 Å². The van der Waals surface area contributed by atoms with E-state index in [4.69, 9.17) is 4.74 Å². The highest BCUT2D eigenvalue weighted by Gasteiger charge is 2.12. The zero-order valence-electron chi connectivity index (χ0n) is 15.9. The maximum absolute atomic E-state index is 5.62. The van der Waals surface area contributed by atoms with Crippen LogP contribution in [0.5, 0.6) is 5.75 Å². The number of ether oxygens (including phenoxy) is 1. The molecule has 0 aliphatic heterocycles. The van der Waals surface area contributed by atoms with E-state index in [2.05, 4.69) is 91.5 Å². The van der Waals surface area contributed by atoms with E-state index >= 15 is 0 Å². The third-order valence-electron chi connectivity index (χ3n) is 4.57. The third kappa shape index (κ3) is 4.98. The van der Waals surface area contributed by atoms with E-state index < -0.39 is 0 Å². The van der Waals surface area contributed by atoms with Gasteiger partial charge < -0.3 is 4.74 Å². The van der Waals surface area contributed by atoms with Crippen molar-refractivity contribution in [1.82, 2.24) is 0 Å². The number of rotatable bonds is 8. The smallest absolute Gasteiger partial charge is 0.119 e. The monoisotopic (exact) mass is 354 g/mol. The number of hydrogen-bond donors (Lipinski definition) is 0. The highest BCUT2D eigenvalue weighted by atomic mass is 16.5. The van der Waals surface area contributed by atoms with E-state index in [1.807, 2.05) is 13.0 Å². The summed E-state index contributed by atoms with van der Waals surface area (Å²) in [6.45, 7) is 6.68. The van der Waals surface area contributed by atoms with Gasteiger partial charge in [-0.3, -0.25) is 0 Å². The van der Waals surface area contributed by atoms with Crippen LogP contribution in [0, 0.1) is 0 Å². The highest BCUT2D eigenvalue weighted by Crippen LogP contribution is 2.33. The molecular formula is C26H26O. The average Bonchev–Trinajstić information content (AvgIpc) is 2.73. The molecule has 0 spiro atoms. The zero-order chi connectivity index (χ0) is 18.9. The zero-order valence-corrected chi connectivity index (χ0v) is 15.9. The van der Waals surface area contributed by atoms with Crippen molar-refractivity contribution in [1.29, 1.82) is 0 Å². The van der Waals surface area contributed by atoms with Gasteiger partial charge >= 0.3 is 0 Å². The molecule has 3 rings (SSSR count). The predicted molar refractivity (Wildman–Crippen MR) is 116 cm³/mol. The number of allylic oxidation sites excluding steroid dienone is 3. The molecule has 0 saturated heterocycles. The summed E-state index contributed by atoms with van der Waals surface area (Å²) in [6, 6.07) is 29.7. The summed E-state index contributed by atoms with van der Waals surface area (Å²) < 4.78 is 5.62. The van der Waals surface area contributed by atoms with E-state index in [9.17, 15) is 0 Å². The third-order valence-corrected chi connectivity index (χ3v) is 4.57. The predicted octanol–water partition coefficient (Wildman–Crippen LogP) is 6.81. The highest BCUT2D eigenvalue weighted by molar-refractivity contribution is 5.92. The summed E-state index contributed by atoms with van der Waals surface area (Å²) in [7, 11) is 0. The molecule has 0 saturated carbocycles. The maximum Gasteiger partial charge on any atom is 0.119 e. The van der Waals surface area contributed by atoms with Gasteiger partial charge in [0.25, 0.3) is 0 Å². The molecule has 0 bridgehead atoms. The average molecular weight is 354 g/mol. The molecule has 0 radical (unpaired) electrons. The second-order valence-corrected chi connectivity index (χ2v) is 6.44. The topological polar surface area (TPSA) is 9.23 Å². The molecule has 3 aromatic rings. The fourth-order valence-electron chi connectivity index (χ4n) is 3.30. The fraction of sp³-hybridized carbons (Fsp3) is 0.154. The standard InChI is InChI=1S/C26H26O/c1-3-11-25(22-14-9-6-10-15-22)26(20-21-12-7-5-8-13-21)23-16-18-24(19-17-23)27-4-2/h3,5-10,12-19H,1,4,11,20H2,2H3/b26-25-. The Morgan fingerprint density at radius 2 is 1.37 bits per heavy atom. The Hall–Kier alpha value is -3.06. The Morgan fingerprint density at radius 3 is 1.96 bits per heavy atom. The van der Waals surface area contributed by atoms with Crippen molar-refractivity contribution in [3.05, 3.63) is 114 Å². The van der Waals surface area contributed by atoms with Gasteiger partial charge in [0.05, 0.1) is 6.61 Å². The van der Waals surface area contributed by atoms with Crippen LogP contribution >= 0.6 is 0 Å². The minimum absolute atomic E-state index is 0.678. The van der Waals surface area contributed by atoms with Gasteiger partial charge in [0.15, 0.2) is 0 Å². The van der Waals surface area contributed by atoms with Crippen LogP contribution in [0.3, 0.4) is 0 Å². The summed E-state index contributed by atoms with van der Waals surface area (Å²) >= 11 is 0. The van der Waals surface area contributed by atoms with Crippen molar-refractivity contribution in [2.24, 2.45) is 0 Å². The molecule has 0 aliphatic carbocycles. The first-order valence-electron chi connectivity index (χ1n) is 9.47. The second kappa shape index (κ2) is 9.59. The molecule has 0 fully saturated rings. The van der Waals surface area contributed by atoms with E-state index in [1.165, 1.54) is 27.8 Å². The van der Waals surface area contributed by atoms with Gasteiger partial charge in [-0.05, 0) is 59.7 Å². The molecule has 0 amide bonds. The minimum Gasteiger partial charge on any atom is -0.494 e. The lowest BCUT2D eigenvalue weighted by molar-refractivity contribution is 0.340. The molecule has 0 aromatic heterocycles. The van der Waals surface area contributed by atoms with Crippen molar-refractivity contribution >= 4 is 11.1 Å². The van der Waals surface area contributed by atoms with Crippen LogP contribution in [0.1, 0.15) is 30.0 Å². The second-order valence-electron chi connectivity index (χ2n) is 6.44. The molecule has 0 atom stereocenters. The Morgan fingerprint density at radius 1 is 0.778 bits per heavy atom. The van der Waals surface area contributed by atoms with Gasteiger partial charge in [0.1, 0.15) is 5.75 Å². The molecule has 0 unspecified atom stereocenters. The van der Waals surface area contributed by atoms with Gasteiger partial charge in [-0.2, -0.15) is 0 Å². The Kier molecular flexibility index (Phi) is 6.65. The molecule has 0 N–H and O–H groups in total. The lowest BCUT2D eigenvalue weighted by Gasteiger charge is -2.17. The van der Waals surface area contributed by atoms with E-state index in [0.29, 0.717) is 6.61 Å². The molecule has 3 aromatic carbocycles. The van der Waals surface area contributed by atoms with Gasteiger partial charge in [0.2, 0.25) is 0 Å². The Balaban J connectivity index is 2.11. The van der Waals surface area contributed by atoms with Crippen LogP contribution in [0.4, 0.5) is 0 Å². The van der Waals surface area contributed by atoms with Crippen molar-refractivity contribution in [2.75, 3.05) is 6.61 Å². The Labute approximate surface area is 162 Å². The van der Waals surface area contributed by atoms with Crippen molar-refractivity contribution in [2.45, 2.75) is 19.8 Å². The van der Waals surface area contributed by atoms with Gasteiger partial charge in [-0.1, -0.05) is 78.9 Å². The van der Waals surface area contributed by atoms with Crippen LogP contribution in [0.2, 0.25) is 0 Å². The SMILES string of the molecule is C=CC/C(=C(\Cc1ccccc1)c1ccc(OCC)cc1)c1ccccc1. The lowest BCUT2D eigenvalue weighted by atomic mass is 9.88. The summed E-state index contributed by atoms with van der Waals surface area (Å²) in [4.78, 5) is 0. The number of benzene rings is 3. The van der Waals surface area contributed by atoms with E-state index in [0.717, 1.165) is 18.6 Å². The van der Waals surface area contributed by atoms with E-state index in [1.54, 1.807) is 0 Å².